The highest BCUT2D eigenvalue weighted by Crippen LogP contribution is 2.14. The van der Waals surface area contributed by atoms with E-state index in [-0.39, 0.29) is 11.9 Å². The van der Waals surface area contributed by atoms with Crippen molar-refractivity contribution in [3.05, 3.63) is 29.8 Å². The molecule has 0 aromatic heterocycles. The normalized spacial score (nSPS) is 18.0. The smallest absolute Gasteiger partial charge is 0.321 e. The average molecular weight is 407 g/mol. The molecule has 1 aromatic rings. The van der Waals surface area contributed by atoms with E-state index in [1.54, 1.807) is 11.9 Å². The van der Waals surface area contributed by atoms with Gasteiger partial charge in [-0.15, -0.1) is 0 Å². The van der Waals surface area contributed by atoms with Crippen molar-refractivity contribution in [1.82, 2.24) is 14.7 Å². The zero-order chi connectivity index (χ0) is 19.8. The number of morpholine rings is 1. The summed E-state index contributed by atoms with van der Waals surface area (Å²) < 4.78 is 5.34. The number of nitrogens with one attached hydrogen (secondary N) is 1. The number of carbonyl (C=O) groups is 2. The zero-order valence-corrected chi connectivity index (χ0v) is 17.4. The monoisotopic (exact) mass is 406 g/mol. The number of urea groups is 1. The predicted molar refractivity (Wildman–Crippen MR) is 113 cm³/mol. The molecular formula is C20H30N4O3S. The number of thioether (sulfide) groups is 1. The lowest BCUT2D eigenvalue weighted by Gasteiger charge is -2.28. The van der Waals surface area contributed by atoms with Crippen LogP contribution in [-0.4, -0.2) is 97.7 Å². The van der Waals surface area contributed by atoms with Gasteiger partial charge >= 0.3 is 6.03 Å². The molecule has 0 radical (unpaired) electrons. The Kier molecular flexibility index (Phi) is 8.00. The summed E-state index contributed by atoms with van der Waals surface area (Å²) in [6, 6.07) is 7.44. The van der Waals surface area contributed by atoms with Gasteiger partial charge in [0.1, 0.15) is 0 Å². The molecule has 0 saturated carbocycles. The highest BCUT2D eigenvalue weighted by Gasteiger charge is 2.17. The molecule has 154 valence electrons. The van der Waals surface area contributed by atoms with Crippen molar-refractivity contribution in [2.75, 3.05) is 76.4 Å². The molecule has 2 heterocycles. The number of nitrogens with zero attached hydrogens (tertiary/aromatic N) is 3. The van der Waals surface area contributed by atoms with Gasteiger partial charge in [0.05, 0.1) is 19.6 Å². The van der Waals surface area contributed by atoms with E-state index in [0.717, 1.165) is 68.7 Å². The molecule has 8 heteroatoms. The van der Waals surface area contributed by atoms with Gasteiger partial charge in [-0.25, -0.2) is 4.79 Å². The first-order chi connectivity index (χ1) is 13.6. The Morgan fingerprint density at radius 3 is 2.46 bits per heavy atom. The summed E-state index contributed by atoms with van der Waals surface area (Å²) in [6.45, 7) is 6.58. The molecule has 2 saturated heterocycles. The lowest BCUT2D eigenvalue weighted by molar-refractivity contribution is -0.130. The van der Waals surface area contributed by atoms with Crippen molar-refractivity contribution >= 4 is 29.4 Å². The van der Waals surface area contributed by atoms with Crippen LogP contribution in [0.1, 0.15) is 5.56 Å². The first kappa shape index (κ1) is 21.0. The van der Waals surface area contributed by atoms with Crippen LogP contribution in [0, 0.1) is 0 Å². The Morgan fingerprint density at radius 1 is 1.11 bits per heavy atom. The third-order valence-electron chi connectivity index (χ3n) is 5.13. The number of anilines is 1. The van der Waals surface area contributed by atoms with Crippen LogP contribution in [-0.2, 0) is 16.0 Å². The number of rotatable bonds is 6. The Bertz CT molecular complexity index is 643. The second-order valence-electron chi connectivity index (χ2n) is 7.17. The Labute approximate surface area is 171 Å². The number of carbonyl (C=O) groups excluding carboxylic acids is 2. The topological polar surface area (TPSA) is 65.1 Å². The van der Waals surface area contributed by atoms with E-state index in [1.165, 1.54) is 0 Å². The molecule has 28 heavy (non-hydrogen) atoms. The van der Waals surface area contributed by atoms with Crippen molar-refractivity contribution in [2.24, 2.45) is 0 Å². The van der Waals surface area contributed by atoms with E-state index in [2.05, 4.69) is 10.2 Å². The van der Waals surface area contributed by atoms with Gasteiger partial charge in [-0.3, -0.25) is 9.69 Å². The summed E-state index contributed by atoms with van der Waals surface area (Å²) in [7, 11) is 1.81. The van der Waals surface area contributed by atoms with Crippen LogP contribution < -0.4 is 5.32 Å². The number of hydrogen-bond acceptors (Lipinski definition) is 5. The molecule has 0 spiro atoms. The van der Waals surface area contributed by atoms with Crippen LogP contribution in [0.3, 0.4) is 0 Å². The average Bonchev–Trinajstić information content (AvgIpc) is 2.74. The van der Waals surface area contributed by atoms with E-state index in [9.17, 15) is 9.59 Å². The van der Waals surface area contributed by atoms with E-state index in [0.29, 0.717) is 13.0 Å². The minimum Gasteiger partial charge on any atom is -0.379 e. The van der Waals surface area contributed by atoms with Crippen LogP contribution >= 0.6 is 11.8 Å². The van der Waals surface area contributed by atoms with E-state index < -0.39 is 0 Å². The molecule has 3 rings (SSSR count). The fourth-order valence-corrected chi connectivity index (χ4v) is 4.14. The number of benzene rings is 1. The van der Waals surface area contributed by atoms with Gasteiger partial charge in [0.15, 0.2) is 0 Å². The molecule has 2 aliphatic rings. The fourth-order valence-electron chi connectivity index (χ4n) is 3.24. The highest BCUT2D eigenvalue weighted by atomic mass is 32.2. The van der Waals surface area contributed by atoms with Crippen LogP contribution in [0.15, 0.2) is 24.3 Å². The molecule has 3 amide bonds. The first-order valence-corrected chi connectivity index (χ1v) is 11.0. The minimum atomic E-state index is -0.122. The Morgan fingerprint density at radius 2 is 1.79 bits per heavy atom. The molecule has 0 aliphatic carbocycles. The summed E-state index contributed by atoms with van der Waals surface area (Å²) in [6.07, 6.45) is 0.415. The van der Waals surface area contributed by atoms with Crippen molar-refractivity contribution in [3.8, 4) is 0 Å². The number of likely N-dealkylation sites (N-methyl/N-ethyl adjacent to an activating group) is 1. The van der Waals surface area contributed by atoms with E-state index in [1.807, 2.05) is 40.9 Å². The number of ether oxygens (including phenoxy) is 1. The zero-order valence-electron chi connectivity index (χ0n) is 16.6. The second kappa shape index (κ2) is 10.7. The Hall–Kier alpha value is -1.77. The highest BCUT2D eigenvalue weighted by molar-refractivity contribution is 7.99. The molecule has 7 nitrogen and oxygen atoms in total. The SMILES string of the molecule is CN(CCN1CCOCC1)C(=O)Nc1ccc(CC(=O)N2CCSCC2)cc1. The van der Waals surface area contributed by atoms with Gasteiger partial charge in [0, 0.05) is 63.5 Å². The molecule has 0 bridgehead atoms. The van der Waals surface area contributed by atoms with Gasteiger partial charge in [-0.05, 0) is 17.7 Å². The van der Waals surface area contributed by atoms with Crippen LogP contribution in [0.5, 0.6) is 0 Å². The Balaban J connectivity index is 1.42. The number of amides is 3. The first-order valence-electron chi connectivity index (χ1n) is 9.88. The van der Waals surface area contributed by atoms with Gasteiger partial charge in [-0.2, -0.15) is 11.8 Å². The van der Waals surface area contributed by atoms with Crippen LogP contribution in [0.4, 0.5) is 10.5 Å². The lowest BCUT2D eigenvalue weighted by Crippen LogP contribution is -2.42. The summed E-state index contributed by atoms with van der Waals surface area (Å²) in [5, 5.41) is 2.92. The van der Waals surface area contributed by atoms with E-state index in [4.69, 9.17) is 4.74 Å². The molecule has 2 aliphatic heterocycles. The third kappa shape index (κ3) is 6.39. The molecular weight excluding hydrogens is 376 g/mol. The molecule has 0 unspecified atom stereocenters. The largest absolute Gasteiger partial charge is 0.379 e. The van der Waals surface area contributed by atoms with Crippen molar-refractivity contribution in [2.45, 2.75) is 6.42 Å². The summed E-state index contributed by atoms with van der Waals surface area (Å²) >= 11 is 1.90. The maximum atomic E-state index is 12.4. The van der Waals surface area contributed by atoms with Crippen molar-refractivity contribution in [3.63, 3.8) is 0 Å². The molecule has 0 atom stereocenters. The van der Waals surface area contributed by atoms with Crippen LogP contribution in [0.2, 0.25) is 0 Å². The van der Waals surface area contributed by atoms with Gasteiger partial charge < -0.3 is 19.9 Å². The molecule has 2 fully saturated rings. The van der Waals surface area contributed by atoms with Gasteiger partial charge in [0.2, 0.25) is 5.91 Å². The summed E-state index contributed by atoms with van der Waals surface area (Å²) in [5.41, 5.74) is 1.72. The predicted octanol–water partition coefficient (Wildman–Crippen LogP) is 1.60. The minimum absolute atomic E-state index is 0.122. The summed E-state index contributed by atoms with van der Waals surface area (Å²) in [5.74, 6) is 2.23. The van der Waals surface area contributed by atoms with Gasteiger partial charge in [0.25, 0.3) is 0 Å². The lowest BCUT2D eigenvalue weighted by atomic mass is 10.1. The van der Waals surface area contributed by atoms with E-state index >= 15 is 0 Å². The quantitative estimate of drug-likeness (QED) is 0.777. The summed E-state index contributed by atoms with van der Waals surface area (Å²) in [4.78, 5) is 30.7. The van der Waals surface area contributed by atoms with Crippen molar-refractivity contribution < 1.29 is 14.3 Å². The molecule has 1 aromatic carbocycles. The molecule has 1 N–H and O–H groups in total. The third-order valence-corrected chi connectivity index (χ3v) is 6.07. The van der Waals surface area contributed by atoms with Crippen molar-refractivity contribution in [1.29, 1.82) is 0 Å². The van der Waals surface area contributed by atoms with Crippen LogP contribution in [0.25, 0.3) is 0 Å². The fraction of sp³-hybridized carbons (Fsp3) is 0.600. The van der Waals surface area contributed by atoms with Gasteiger partial charge in [-0.1, -0.05) is 12.1 Å². The maximum Gasteiger partial charge on any atom is 0.321 e. The second-order valence-corrected chi connectivity index (χ2v) is 8.40. The number of hydrogen-bond donors (Lipinski definition) is 1. The standard InChI is InChI=1S/C20H30N4O3S/c1-22(6-7-23-8-12-27-13-9-23)20(26)21-18-4-2-17(3-5-18)16-19(25)24-10-14-28-15-11-24/h2-5H,6-16H2,1H3,(H,21,26). The maximum absolute atomic E-state index is 12.4.